The lowest BCUT2D eigenvalue weighted by Crippen LogP contribution is -2.40. The van der Waals surface area contributed by atoms with Crippen LogP contribution in [0.15, 0.2) is 18.3 Å². The summed E-state index contributed by atoms with van der Waals surface area (Å²) in [6.07, 6.45) is 5.35. The number of rotatable bonds is 4. The summed E-state index contributed by atoms with van der Waals surface area (Å²) in [6.45, 7) is 4.55. The van der Waals surface area contributed by atoms with Crippen molar-refractivity contribution >= 4 is 18.0 Å². The fraction of sp³-hybridized carbons (Fsp3) is 0.533. The quantitative estimate of drug-likeness (QED) is 0.851. The fourth-order valence-corrected chi connectivity index (χ4v) is 2.72. The van der Waals surface area contributed by atoms with Crippen LogP contribution in [0, 0.1) is 11.3 Å². The molecule has 0 saturated carbocycles. The maximum absolute atomic E-state index is 12.2. The lowest BCUT2D eigenvalue weighted by molar-refractivity contribution is -0.151. The summed E-state index contributed by atoms with van der Waals surface area (Å²) < 4.78 is 1.67. The normalized spacial score (nSPS) is 22.4. The minimum atomic E-state index is -0.823. The number of aryl methyl sites for hydroxylation is 1. The number of hydrogen-bond donors (Lipinski definition) is 1. The number of carbonyl (C=O) groups is 2. The molecule has 1 saturated heterocycles. The van der Waals surface area contributed by atoms with E-state index >= 15 is 0 Å². The molecule has 0 aromatic carbocycles. The molecular weight excluding hydrogens is 270 g/mol. The van der Waals surface area contributed by atoms with Gasteiger partial charge in [0.25, 0.3) is 0 Å². The van der Waals surface area contributed by atoms with E-state index in [4.69, 9.17) is 0 Å². The zero-order valence-corrected chi connectivity index (χ0v) is 12.6. The molecule has 1 unspecified atom stereocenters. The van der Waals surface area contributed by atoms with E-state index in [-0.39, 0.29) is 18.4 Å². The van der Waals surface area contributed by atoms with Gasteiger partial charge in [0.2, 0.25) is 5.91 Å². The van der Waals surface area contributed by atoms with Crippen LogP contribution in [0.1, 0.15) is 26.0 Å². The minimum Gasteiger partial charge on any atom is -0.481 e. The van der Waals surface area contributed by atoms with Gasteiger partial charge in [-0.15, -0.1) is 0 Å². The molecule has 6 nitrogen and oxygen atoms in total. The molecule has 1 aliphatic rings. The molecule has 1 atom stereocenters. The van der Waals surface area contributed by atoms with Gasteiger partial charge >= 0.3 is 5.97 Å². The summed E-state index contributed by atoms with van der Waals surface area (Å²) in [5, 5.41) is 13.5. The van der Waals surface area contributed by atoms with Crippen molar-refractivity contribution in [2.24, 2.45) is 18.4 Å². The van der Waals surface area contributed by atoms with E-state index in [0.29, 0.717) is 13.0 Å². The van der Waals surface area contributed by atoms with Crippen molar-refractivity contribution in [2.45, 2.75) is 20.3 Å². The third kappa shape index (κ3) is 2.84. The fourth-order valence-electron chi connectivity index (χ4n) is 2.72. The number of carbonyl (C=O) groups excluding carboxylic acids is 1. The number of hydrogen-bond acceptors (Lipinski definition) is 3. The van der Waals surface area contributed by atoms with Gasteiger partial charge in [-0.3, -0.25) is 14.3 Å². The van der Waals surface area contributed by atoms with E-state index in [0.717, 1.165) is 5.69 Å². The minimum absolute atomic E-state index is 0.00569. The molecule has 0 aliphatic carbocycles. The second kappa shape index (κ2) is 5.71. The van der Waals surface area contributed by atoms with Crippen LogP contribution >= 0.6 is 0 Å². The molecule has 1 amide bonds. The predicted molar refractivity (Wildman–Crippen MR) is 78.3 cm³/mol. The van der Waals surface area contributed by atoms with Gasteiger partial charge < -0.3 is 10.0 Å². The van der Waals surface area contributed by atoms with Gasteiger partial charge in [0.15, 0.2) is 0 Å². The van der Waals surface area contributed by atoms with Crippen molar-refractivity contribution < 1.29 is 14.7 Å². The number of amides is 1. The van der Waals surface area contributed by atoms with Crippen LogP contribution < -0.4 is 0 Å². The SMILES string of the molecule is CC(C)C1(C(=O)O)CCN(C(=O)/C=C/c2ccnn2C)C1. The van der Waals surface area contributed by atoms with E-state index in [9.17, 15) is 14.7 Å². The van der Waals surface area contributed by atoms with Gasteiger partial charge in [-0.2, -0.15) is 5.10 Å². The highest BCUT2D eigenvalue weighted by Gasteiger charge is 2.48. The van der Waals surface area contributed by atoms with Crippen LogP contribution in [-0.4, -0.2) is 44.8 Å². The Morgan fingerprint density at radius 3 is 2.67 bits per heavy atom. The summed E-state index contributed by atoms with van der Waals surface area (Å²) in [7, 11) is 1.80. The molecule has 0 radical (unpaired) electrons. The zero-order chi connectivity index (χ0) is 15.6. The third-order valence-electron chi connectivity index (χ3n) is 4.40. The number of nitrogens with zero attached hydrogens (tertiary/aromatic N) is 3. The van der Waals surface area contributed by atoms with E-state index < -0.39 is 11.4 Å². The molecule has 1 aliphatic heterocycles. The topological polar surface area (TPSA) is 75.4 Å². The molecule has 1 aromatic heterocycles. The first-order chi connectivity index (χ1) is 9.86. The largest absolute Gasteiger partial charge is 0.481 e. The van der Waals surface area contributed by atoms with Crippen molar-refractivity contribution in [1.82, 2.24) is 14.7 Å². The average molecular weight is 291 g/mol. The monoisotopic (exact) mass is 291 g/mol. The van der Waals surface area contributed by atoms with E-state index in [2.05, 4.69) is 5.10 Å². The molecular formula is C15H21N3O3. The molecule has 1 N–H and O–H groups in total. The van der Waals surface area contributed by atoms with Crippen molar-refractivity contribution in [3.8, 4) is 0 Å². The average Bonchev–Trinajstić information content (AvgIpc) is 3.03. The number of aliphatic carboxylic acids is 1. The van der Waals surface area contributed by atoms with E-state index in [1.54, 1.807) is 28.9 Å². The molecule has 6 heteroatoms. The smallest absolute Gasteiger partial charge is 0.311 e. The van der Waals surface area contributed by atoms with Gasteiger partial charge in [0.05, 0.1) is 11.1 Å². The first-order valence-corrected chi connectivity index (χ1v) is 7.05. The first kappa shape index (κ1) is 15.3. The van der Waals surface area contributed by atoms with Crippen LogP contribution in [0.2, 0.25) is 0 Å². The molecule has 21 heavy (non-hydrogen) atoms. The summed E-state index contributed by atoms with van der Waals surface area (Å²) in [5.74, 6) is -0.975. The van der Waals surface area contributed by atoms with Crippen molar-refractivity contribution in [3.05, 3.63) is 24.0 Å². The first-order valence-electron chi connectivity index (χ1n) is 7.05. The lowest BCUT2D eigenvalue weighted by atomic mass is 9.76. The Balaban J connectivity index is 2.07. The number of carboxylic acid groups (broad SMARTS) is 1. The zero-order valence-electron chi connectivity index (χ0n) is 12.6. The molecule has 0 spiro atoms. The van der Waals surface area contributed by atoms with Crippen LogP contribution in [0.5, 0.6) is 0 Å². The molecule has 2 rings (SSSR count). The Morgan fingerprint density at radius 2 is 2.19 bits per heavy atom. The summed E-state index contributed by atoms with van der Waals surface area (Å²) >= 11 is 0. The predicted octanol–water partition coefficient (Wildman–Crippen LogP) is 1.39. The van der Waals surface area contributed by atoms with Crippen molar-refractivity contribution in [1.29, 1.82) is 0 Å². The summed E-state index contributed by atoms with van der Waals surface area (Å²) in [5.41, 5.74) is 0.00616. The Morgan fingerprint density at radius 1 is 1.48 bits per heavy atom. The van der Waals surface area contributed by atoms with Gasteiger partial charge in [-0.25, -0.2) is 0 Å². The Kier molecular flexibility index (Phi) is 4.16. The maximum atomic E-state index is 12.2. The maximum Gasteiger partial charge on any atom is 0.311 e. The highest BCUT2D eigenvalue weighted by Crippen LogP contribution is 2.38. The Hall–Kier alpha value is -2.11. The highest BCUT2D eigenvalue weighted by molar-refractivity contribution is 5.92. The van der Waals surface area contributed by atoms with Crippen molar-refractivity contribution in [2.75, 3.05) is 13.1 Å². The number of likely N-dealkylation sites (tertiary alicyclic amines) is 1. The van der Waals surface area contributed by atoms with Crippen LogP contribution in [0.3, 0.4) is 0 Å². The molecule has 1 aromatic rings. The standard InChI is InChI=1S/C15H21N3O3/c1-11(2)15(14(20)21)7-9-18(10-15)13(19)5-4-12-6-8-16-17(12)3/h4-6,8,11H,7,9-10H2,1-3H3,(H,20,21)/b5-4+. The summed E-state index contributed by atoms with van der Waals surface area (Å²) in [4.78, 5) is 25.4. The molecule has 0 bridgehead atoms. The Bertz CT molecular complexity index is 576. The van der Waals surface area contributed by atoms with E-state index in [1.165, 1.54) is 6.08 Å². The highest BCUT2D eigenvalue weighted by atomic mass is 16.4. The van der Waals surface area contributed by atoms with Gasteiger partial charge in [0.1, 0.15) is 0 Å². The molecule has 114 valence electrons. The van der Waals surface area contributed by atoms with Crippen LogP contribution in [0.25, 0.3) is 6.08 Å². The second-order valence-electron chi connectivity index (χ2n) is 5.84. The number of carboxylic acids is 1. The molecule has 2 heterocycles. The summed E-state index contributed by atoms with van der Waals surface area (Å²) in [6, 6.07) is 1.81. The van der Waals surface area contributed by atoms with Crippen LogP contribution in [-0.2, 0) is 16.6 Å². The van der Waals surface area contributed by atoms with E-state index in [1.807, 2.05) is 19.9 Å². The Labute approximate surface area is 124 Å². The third-order valence-corrected chi connectivity index (χ3v) is 4.40. The second-order valence-corrected chi connectivity index (χ2v) is 5.84. The van der Waals surface area contributed by atoms with Crippen molar-refractivity contribution in [3.63, 3.8) is 0 Å². The molecule has 1 fully saturated rings. The number of aromatic nitrogens is 2. The van der Waals surface area contributed by atoms with Crippen LogP contribution in [0.4, 0.5) is 0 Å². The lowest BCUT2D eigenvalue weighted by Gasteiger charge is -2.28. The van der Waals surface area contributed by atoms with Gasteiger partial charge in [0, 0.05) is 32.4 Å². The van der Waals surface area contributed by atoms with Gasteiger partial charge in [-0.1, -0.05) is 13.8 Å². The van der Waals surface area contributed by atoms with Gasteiger partial charge in [-0.05, 0) is 24.5 Å².